The molecule has 1 N–H and O–H groups in total. The van der Waals surface area contributed by atoms with Gasteiger partial charge in [0.25, 0.3) is 5.91 Å². The first-order valence-corrected chi connectivity index (χ1v) is 19.1. The van der Waals surface area contributed by atoms with E-state index in [9.17, 15) is 32.3 Å². The minimum absolute atomic E-state index is 0.240. The molecule has 302 valence electrons. The van der Waals surface area contributed by atoms with Crippen LogP contribution in [-0.2, 0) is 38.8 Å². The van der Waals surface area contributed by atoms with Crippen LogP contribution < -0.4 is 10.1 Å². The molecule has 1 fully saturated rings. The number of carbonyl (C=O) groups is 4. The number of halogens is 3. The molecule has 14 heteroatoms. The van der Waals surface area contributed by atoms with Crippen LogP contribution in [0, 0.1) is 5.92 Å². The third-order valence-electron chi connectivity index (χ3n) is 9.85. The highest BCUT2D eigenvalue weighted by atomic mass is 19.4. The predicted molar refractivity (Wildman–Crippen MR) is 205 cm³/mol. The van der Waals surface area contributed by atoms with Crippen molar-refractivity contribution >= 4 is 34.5 Å². The number of para-hydroxylation sites is 2. The zero-order valence-electron chi connectivity index (χ0n) is 33.1. The van der Waals surface area contributed by atoms with Gasteiger partial charge in [0.1, 0.15) is 23.4 Å². The van der Waals surface area contributed by atoms with Crippen molar-refractivity contribution in [3.8, 4) is 11.6 Å². The van der Waals surface area contributed by atoms with Gasteiger partial charge in [-0.25, -0.2) is 4.68 Å². The summed E-state index contributed by atoms with van der Waals surface area (Å²) in [4.78, 5) is 57.8. The van der Waals surface area contributed by atoms with Crippen LogP contribution in [0.25, 0.3) is 16.6 Å². The molecule has 1 aliphatic rings. The zero-order chi connectivity index (χ0) is 40.9. The third kappa shape index (κ3) is 9.99. The third-order valence-corrected chi connectivity index (χ3v) is 9.85. The molecule has 2 atom stereocenters. The molecule has 0 bridgehead atoms. The number of ether oxygens (including phenoxy) is 2. The van der Waals surface area contributed by atoms with E-state index in [-0.39, 0.29) is 29.4 Å². The van der Waals surface area contributed by atoms with Crippen molar-refractivity contribution in [3.63, 3.8) is 0 Å². The maximum Gasteiger partial charge on any atom is 0.435 e. The molecule has 0 radical (unpaired) electrons. The van der Waals surface area contributed by atoms with E-state index < -0.39 is 60.2 Å². The molecule has 2 aromatic heterocycles. The van der Waals surface area contributed by atoms with Gasteiger partial charge in [-0.1, -0.05) is 69.5 Å². The number of esters is 1. The fourth-order valence-corrected chi connectivity index (χ4v) is 7.32. The van der Waals surface area contributed by atoms with Crippen LogP contribution in [0.15, 0.2) is 60.7 Å². The summed E-state index contributed by atoms with van der Waals surface area (Å²) < 4.78 is 55.1. The summed E-state index contributed by atoms with van der Waals surface area (Å²) >= 11 is 0. The quantitative estimate of drug-likeness (QED) is 0.131. The van der Waals surface area contributed by atoms with Gasteiger partial charge in [-0.3, -0.25) is 19.2 Å². The van der Waals surface area contributed by atoms with Gasteiger partial charge >= 0.3 is 12.1 Å². The van der Waals surface area contributed by atoms with Crippen LogP contribution in [0.5, 0.6) is 5.88 Å². The Morgan fingerprint density at radius 3 is 2.21 bits per heavy atom. The standard InChI is InChI=1S/C42H52F3N5O6/c1-26(2)22-31-30-20-14-15-21-33(30)48(7)38(31)40(54)49(28-16-10-8-11-17-28)27(3)39(53)46-32(23-37(52)56-41(4,5)6)34(51)25-55-36-24-35(42(43,44)45)47-50(36)29-18-12-9-13-19-29/h9,12-15,18-21,24,26-28,32H,8,10-11,16-17,22-23,25H2,1-7H3,(H,46,53)/t27-,32?/m0/s1. The van der Waals surface area contributed by atoms with Gasteiger partial charge < -0.3 is 24.3 Å². The average molecular weight is 780 g/mol. The molecule has 4 aromatic rings. The van der Waals surface area contributed by atoms with Crippen LogP contribution >= 0.6 is 0 Å². The number of benzene rings is 2. The lowest BCUT2D eigenvalue weighted by atomic mass is 9.92. The number of nitrogens with one attached hydrogen (secondary N) is 1. The van der Waals surface area contributed by atoms with Crippen LogP contribution in [-0.4, -0.2) is 73.1 Å². The van der Waals surface area contributed by atoms with Gasteiger partial charge in [0.15, 0.2) is 18.1 Å². The molecule has 0 saturated heterocycles. The second kappa shape index (κ2) is 17.3. The molecule has 11 nitrogen and oxygen atoms in total. The van der Waals surface area contributed by atoms with E-state index in [1.54, 1.807) is 50.8 Å². The highest BCUT2D eigenvalue weighted by molar-refractivity contribution is 6.04. The van der Waals surface area contributed by atoms with Crippen LogP contribution in [0.3, 0.4) is 0 Å². The lowest BCUT2D eigenvalue weighted by molar-refractivity contribution is -0.156. The lowest BCUT2D eigenvalue weighted by Crippen LogP contribution is -2.56. The maximum absolute atomic E-state index is 14.9. The van der Waals surface area contributed by atoms with Crippen molar-refractivity contribution in [1.82, 2.24) is 24.6 Å². The summed E-state index contributed by atoms with van der Waals surface area (Å²) in [5.74, 6) is -2.69. The normalized spacial score (nSPS) is 15.1. The Hall–Kier alpha value is -5.14. The summed E-state index contributed by atoms with van der Waals surface area (Å²) in [6, 6.07) is 13.6. The van der Waals surface area contributed by atoms with Crippen LogP contribution in [0.1, 0.15) is 102 Å². The van der Waals surface area contributed by atoms with Crippen molar-refractivity contribution < 1.29 is 41.8 Å². The van der Waals surface area contributed by atoms with Gasteiger partial charge in [-0.2, -0.15) is 18.3 Å². The Balaban J connectivity index is 1.45. The summed E-state index contributed by atoms with van der Waals surface area (Å²) in [6.07, 6.45) is -0.593. The Morgan fingerprint density at radius 1 is 0.946 bits per heavy atom. The number of aromatic nitrogens is 3. The van der Waals surface area contributed by atoms with Gasteiger partial charge in [-0.15, -0.1) is 0 Å². The van der Waals surface area contributed by atoms with Crippen LogP contribution in [0.4, 0.5) is 13.2 Å². The minimum Gasteiger partial charge on any atom is -0.469 e. The number of nitrogens with zero attached hydrogens (tertiary/aromatic N) is 4. The largest absolute Gasteiger partial charge is 0.469 e. The van der Waals surface area contributed by atoms with E-state index in [1.165, 1.54) is 12.1 Å². The number of hydrogen-bond donors (Lipinski definition) is 1. The number of amides is 2. The molecule has 1 saturated carbocycles. The number of Topliss-reactive ketones (excluding diaryl/α,β-unsaturated/α-hetero) is 1. The van der Waals surface area contributed by atoms with Gasteiger partial charge in [0.2, 0.25) is 11.8 Å². The average Bonchev–Trinajstić information content (AvgIpc) is 3.69. The Bertz CT molecular complexity index is 2030. The monoisotopic (exact) mass is 779 g/mol. The molecule has 2 aromatic carbocycles. The number of alkyl halides is 3. The Labute approximate surface area is 325 Å². The van der Waals surface area contributed by atoms with Gasteiger partial charge in [0, 0.05) is 30.1 Å². The Morgan fingerprint density at radius 2 is 1.59 bits per heavy atom. The SMILES string of the molecule is CC(C)Cc1c(C(=O)N(C2CCCCC2)[C@@H](C)C(=O)NC(CC(=O)OC(C)(C)C)C(=O)COc2cc(C(F)(F)F)nn2-c2ccccc2)n(C)c2ccccc12. The first kappa shape index (κ1) is 42.0. The van der Waals surface area contributed by atoms with E-state index in [1.807, 2.05) is 35.9 Å². The molecule has 0 aliphatic heterocycles. The van der Waals surface area contributed by atoms with E-state index >= 15 is 0 Å². The summed E-state index contributed by atoms with van der Waals surface area (Å²) in [7, 11) is 1.85. The van der Waals surface area contributed by atoms with Crippen molar-refractivity contribution in [2.24, 2.45) is 13.0 Å². The van der Waals surface area contributed by atoms with Crippen molar-refractivity contribution in [2.45, 2.75) is 116 Å². The summed E-state index contributed by atoms with van der Waals surface area (Å²) in [5.41, 5.74) is 0.402. The zero-order valence-corrected chi connectivity index (χ0v) is 33.1. The number of aryl methyl sites for hydroxylation is 1. The number of hydrogen-bond acceptors (Lipinski definition) is 7. The lowest BCUT2D eigenvalue weighted by Gasteiger charge is -2.38. The fourth-order valence-electron chi connectivity index (χ4n) is 7.32. The molecule has 1 aliphatic carbocycles. The van der Waals surface area contributed by atoms with E-state index in [4.69, 9.17) is 9.47 Å². The molecule has 5 rings (SSSR count). The highest BCUT2D eigenvalue weighted by Crippen LogP contribution is 2.34. The van der Waals surface area contributed by atoms with E-state index in [2.05, 4.69) is 24.3 Å². The first-order valence-electron chi connectivity index (χ1n) is 19.1. The van der Waals surface area contributed by atoms with E-state index in [0.29, 0.717) is 31.0 Å². The molecule has 1 unspecified atom stereocenters. The van der Waals surface area contributed by atoms with Crippen molar-refractivity contribution in [3.05, 3.63) is 77.6 Å². The Kier molecular flexibility index (Phi) is 13.0. The fraction of sp³-hybridized carbons (Fsp3) is 0.500. The smallest absolute Gasteiger partial charge is 0.435 e. The van der Waals surface area contributed by atoms with E-state index in [0.717, 1.165) is 40.4 Å². The molecule has 2 amide bonds. The topological polar surface area (TPSA) is 125 Å². The number of fused-ring (bicyclic) bond motifs is 1. The molecule has 0 spiro atoms. The second-order valence-electron chi connectivity index (χ2n) is 15.9. The highest BCUT2D eigenvalue weighted by Gasteiger charge is 2.39. The predicted octanol–water partition coefficient (Wildman–Crippen LogP) is 7.61. The van der Waals surface area contributed by atoms with Crippen molar-refractivity contribution in [1.29, 1.82) is 0 Å². The number of rotatable bonds is 14. The van der Waals surface area contributed by atoms with Gasteiger partial charge in [0.05, 0.1) is 12.1 Å². The number of carbonyl (C=O) groups excluding carboxylic acids is 4. The number of ketones is 1. The minimum atomic E-state index is -4.80. The maximum atomic E-state index is 14.9. The second-order valence-corrected chi connectivity index (χ2v) is 15.9. The molecular weight excluding hydrogens is 727 g/mol. The first-order chi connectivity index (χ1) is 26.4. The molecule has 56 heavy (non-hydrogen) atoms. The van der Waals surface area contributed by atoms with Crippen molar-refractivity contribution in [2.75, 3.05) is 6.61 Å². The molecular formula is C42H52F3N5O6. The summed E-state index contributed by atoms with van der Waals surface area (Å²) in [6.45, 7) is 9.93. The molecule has 2 heterocycles. The van der Waals surface area contributed by atoms with Crippen LogP contribution in [0.2, 0.25) is 0 Å². The van der Waals surface area contributed by atoms with Gasteiger partial charge in [-0.05, 0) is 76.6 Å². The summed E-state index contributed by atoms with van der Waals surface area (Å²) in [5, 5.41) is 7.31.